The van der Waals surface area contributed by atoms with E-state index in [0.717, 1.165) is 12.3 Å². The molecule has 0 heterocycles. The van der Waals surface area contributed by atoms with Crippen molar-refractivity contribution in [3.05, 3.63) is 0 Å². The molecule has 0 spiro atoms. The molecule has 1 atom stereocenters. The average Bonchev–Trinajstić information content (AvgIpc) is 2.17. The van der Waals surface area contributed by atoms with Crippen LogP contribution >= 0.6 is 0 Å². The largest absolute Gasteiger partial charge is 0.391 e. The molecule has 2 nitrogen and oxygen atoms in total. The zero-order valence-electron chi connectivity index (χ0n) is 8.67. The summed E-state index contributed by atoms with van der Waals surface area (Å²) < 4.78 is 4.89. The molecule has 0 aromatic rings. The van der Waals surface area contributed by atoms with Gasteiger partial charge in [-0.15, -0.1) is 0 Å². The predicted octanol–water partition coefficient (Wildman–Crippen LogP) is 2.35. The van der Waals surface area contributed by atoms with Crippen LogP contribution in [0.25, 0.3) is 0 Å². The Morgan fingerprint density at radius 3 is 2.62 bits per heavy atom. The lowest BCUT2D eigenvalue weighted by Gasteiger charge is -2.22. The van der Waals surface area contributed by atoms with E-state index in [1.807, 2.05) is 0 Å². The van der Waals surface area contributed by atoms with Crippen molar-refractivity contribution in [2.45, 2.75) is 51.0 Å². The Hall–Kier alpha value is -0.0800. The van der Waals surface area contributed by atoms with Gasteiger partial charge in [-0.25, -0.2) is 0 Å². The van der Waals surface area contributed by atoms with Crippen molar-refractivity contribution >= 4 is 0 Å². The van der Waals surface area contributed by atoms with Gasteiger partial charge in [-0.3, -0.25) is 0 Å². The molecule has 2 heteroatoms. The predicted molar refractivity (Wildman–Crippen MR) is 53.7 cm³/mol. The van der Waals surface area contributed by atoms with E-state index in [2.05, 4.69) is 0 Å². The maximum absolute atomic E-state index is 9.45. The van der Waals surface area contributed by atoms with E-state index < -0.39 is 0 Å². The fraction of sp³-hybridized carbons (Fsp3) is 1.00. The summed E-state index contributed by atoms with van der Waals surface area (Å²) in [6, 6.07) is 0. The van der Waals surface area contributed by atoms with Crippen LogP contribution in [0.15, 0.2) is 0 Å². The van der Waals surface area contributed by atoms with Gasteiger partial charge in [-0.1, -0.05) is 32.1 Å². The van der Waals surface area contributed by atoms with Crippen molar-refractivity contribution in [1.29, 1.82) is 0 Å². The summed E-state index contributed by atoms with van der Waals surface area (Å²) in [7, 11) is 1.64. The van der Waals surface area contributed by atoms with Crippen molar-refractivity contribution in [3.8, 4) is 0 Å². The quantitative estimate of drug-likeness (QED) is 0.714. The van der Waals surface area contributed by atoms with Crippen molar-refractivity contribution in [2.24, 2.45) is 5.92 Å². The monoisotopic (exact) mass is 186 g/mol. The Bertz CT molecular complexity index is 119. The first-order valence-electron chi connectivity index (χ1n) is 5.50. The van der Waals surface area contributed by atoms with E-state index in [0.29, 0.717) is 6.61 Å². The average molecular weight is 186 g/mol. The van der Waals surface area contributed by atoms with E-state index in [9.17, 15) is 5.11 Å². The van der Waals surface area contributed by atoms with Crippen LogP contribution in [0.4, 0.5) is 0 Å². The van der Waals surface area contributed by atoms with Gasteiger partial charge in [0.05, 0.1) is 12.7 Å². The maximum Gasteiger partial charge on any atom is 0.0773 e. The minimum absolute atomic E-state index is 0.244. The number of methoxy groups -OCH3 is 1. The van der Waals surface area contributed by atoms with Crippen LogP contribution < -0.4 is 0 Å². The fourth-order valence-electron chi connectivity index (χ4n) is 2.18. The van der Waals surface area contributed by atoms with Crippen LogP contribution in [0.5, 0.6) is 0 Å². The highest BCUT2D eigenvalue weighted by Gasteiger charge is 2.14. The zero-order chi connectivity index (χ0) is 9.52. The third-order valence-corrected chi connectivity index (χ3v) is 2.99. The summed E-state index contributed by atoms with van der Waals surface area (Å²) in [4.78, 5) is 0. The molecule has 1 fully saturated rings. The lowest BCUT2D eigenvalue weighted by atomic mass is 9.85. The Morgan fingerprint density at radius 2 is 2.00 bits per heavy atom. The molecule has 1 aliphatic rings. The van der Waals surface area contributed by atoms with Gasteiger partial charge in [0.2, 0.25) is 0 Å². The van der Waals surface area contributed by atoms with Gasteiger partial charge in [0.25, 0.3) is 0 Å². The number of hydrogen-bond donors (Lipinski definition) is 1. The first kappa shape index (κ1) is 11.0. The highest BCUT2D eigenvalue weighted by Crippen LogP contribution is 2.27. The van der Waals surface area contributed by atoms with E-state index >= 15 is 0 Å². The number of rotatable bonds is 5. The van der Waals surface area contributed by atoms with Crippen LogP contribution in [-0.2, 0) is 4.74 Å². The van der Waals surface area contributed by atoms with Gasteiger partial charge in [0.1, 0.15) is 0 Å². The summed E-state index contributed by atoms with van der Waals surface area (Å²) in [5, 5.41) is 9.45. The van der Waals surface area contributed by atoms with E-state index in [-0.39, 0.29) is 6.10 Å². The first-order valence-corrected chi connectivity index (χ1v) is 5.50. The van der Waals surface area contributed by atoms with Gasteiger partial charge >= 0.3 is 0 Å². The summed E-state index contributed by atoms with van der Waals surface area (Å²) in [5.41, 5.74) is 0. The van der Waals surface area contributed by atoms with Gasteiger partial charge in [-0.05, 0) is 18.8 Å². The Balaban J connectivity index is 2.03. The van der Waals surface area contributed by atoms with Crippen LogP contribution in [0.3, 0.4) is 0 Å². The molecule has 0 radical (unpaired) electrons. The summed E-state index contributed by atoms with van der Waals surface area (Å²) in [5.74, 6) is 0.875. The molecule has 1 N–H and O–H groups in total. The number of aliphatic hydroxyl groups is 1. The molecular weight excluding hydrogens is 164 g/mol. The topological polar surface area (TPSA) is 29.5 Å². The Labute approximate surface area is 81.3 Å². The molecule has 0 amide bonds. The number of aliphatic hydroxyl groups excluding tert-OH is 1. The molecule has 1 saturated carbocycles. The minimum Gasteiger partial charge on any atom is -0.391 e. The molecule has 1 unspecified atom stereocenters. The minimum atomic E-state index is -0.244. The second-order valence-electron chi connectivity index (χ2n) is 4.19. The third-order valence-electron chi connectivity index (χ3n) is 2.99. The van der Waals surface area contributed by atoms with Crippen LogP contribution in [-0.4, -0.2) is 24.9 Å². The zero-order valence-corrected chi connectivity index (χ0v) is 8.67. The lowest BCUT2D eigenvalue weighted by Crippen LogP contribution is -2.16. The SMILES string of the molecule is COCC(O)CCC1CCCCC1. The summed E-state index contributed by atoms with van der Waals surface area (Å²) in [6.07, 6.45) is 8.81. The molecule has 0 bridgehead atoms. The van der Waals surface area contributed by atoms with Gasteiger partial charge in [0.15, 0.2) is 0 Å². The number of ether oxygens (including phenoxy) is 1. The van der Waals surface area contributed by atoms with E-state index in [1.54, 1.807) is 7.11 Å². The molecule has 13 heavy (non-hydrogen) atoms. The molecule has 0 saturated heterocycles. The van der Waals surface area contributed by atoms with Crippen molar-refractivity contribution in [1.82, 2.24) is 0 Å². The van der Waals surface area contributed by atoms with Crippen molar-refractivity contribution < 1.29 is 9.84 Å². The maximum atomic E-state index is 9.45. The van der Waals surface area contributed by atoms with Gasteiger partial charge in [-0.2, -0.15) is 0 Å². The van der Waals surface area contributed by atoms with Gasteiger partial charge in [0, 0.05) is 7.11 Å². The summed E-state index contributed by atoms with van der Waals surface area (Å²) in [6.45, 7) is 0.493. The Morgan fingerprint density at radius 1 is 1.31 bits per heavy atom. The molecule has 1 rings (SSSR count). The number of hydrogen-bond acceptors (Lipinski definition) is 2. The van der Waals surface area contributed by atoms with Crippen LogP contribution in [0.2, 0.25) is 0 Å². The molecule has 0 aromatic carbocycles. The summed E-state index contributed by atoms with van der Waals surface area (Å²) >= 11 is 0. The molecular formula is C11H22O2. The standard InChI is InChI=1S/C11H22O2/c1-13-9-11(12)8-7-10-5-3-2-4-6-10/h10-12H,2-9H2,1H3. The lowest BCUT2D eigenvalue weighted by molar-refractivity contribution is 0.0537. The third kappa shape index (κ3) is 4.63. The second kappa shape index (κ2) is 6.39. The van der Waals surface area contributed by atoms with E-state index in [4.69, 9.17) is 4.74 Å². The van der Waals surface area contributed by atoms with Crippen LogP contribution in [0.1, 0.15) is 44.9 Å². The van der Waals surface area contributed by atoms with Gasteiger partial charge < -0.3 is 9.84 Å². The molecule has 0 aromatic heterocycles. The van der Waals surface area contributed by atoms with Crippen molar-refractivity contribution in [3.63, 3.8) is 0 Å². The smallest absolute Gasteiger partial charge is 0.0773 e. The molecule has 1 aliphatic carbocycles. The molecule has 78 valence electrons. The van der Waals surface area contributed by atoms with E-state index in [1.165, 1.54) is 38.5 Å². The highest BCUT2D eigenvalue weighted by molar-refractivity contribution is 4.67. The Kier molecular flexibility index (Phi) is 5.40. The first-order chi connectivity index (χ1) is 6.33. The fourth-order valence-corrected chi connectivity index (χ4v) is 2.18. The van der Waals surface area contributed by atoms with Crippen LogP contribution in [0, 0.1) is 5.92 Å². The molecule has 0 aliphatic heterocycles. The van der Waals surface area contributed by atoms with Crippen molar-refractivity contribution in [2.75, 3.05) is 13.7 Å². The normalized spacial score (nSPS) is 21.7. The highest BCUT2D eigenvalue weighted by atomic mass is 16.5. The second-order valence-corrected chi connectivity index (χ2v) is 4.19.